The highest BCUT2D eigenvalue weighted by Crippen LogP contribution is 2.50. The molecule has 7 amide bonds. The second kappa shape index (κ2) is 33.4. The van der Waals surface area contributed by atoms with Crippen LogP contribution in [-0.4, -0.2) is 191 Å². The molecule has 7 heterocycles. The first-order valence-electron chi connectivity index (χ1n) is 34.5. The van der Waals surface area contributed by atoms with Crippen LogP contribution in [0.5, 0.6) is 51.7 Å². The van der Waals surface area contributed by atoms with E-state index in [9.17, 15) is 75.0 Å². The number of aliphatic hydroxyl groups is 5. The summed E-state index contributed by atoms with van der Waals surface area (Å²) in [6, 6.07) is 3.61. The number of rotatable bonds is 16. The Hall–Kier alpha value is -9.89. The summed E-state index contributed by atoms with van der Waals surface area (Å²) in [5.74, 6) is -16.2. The summed E-state index contributed by atoms with van der Waals surface area (Å²) in [6.07, 6.45) is -18.4. The van der Waals surface area contributed by atoms with Crippen LogP contribution in [0.4, 0.5) is 0 Å². The molecule has 0 aliphatic carbocycles. The monoisotopic (exact) mass is 1590 g/mol. The Bertz CT molecular complexity index is 4580. The molecular weight excluding hydrogens is 1510 g/mol. The number of primary amides is 1. The molecule has 9 unspecified atom stereocenters. The van der Waals surface area contributed by atoms with E-state index in [1.165, 1.54) is 51.2 Å². The van der Waals surface area contributed by atoms with Gasteiger partial charge in [0.1, 0.15) is 95.2 Å². The predicted octanol–water partition coefficient (Wildman–Crippen LogP) is 2.26. The summed E-state index contributed by atoms with van der Waals surface area (Å²) in [5, 5.41) is 136. The molecule has 18 atom stereocenters. The van der Waals surface area contributed by atoms with E-state index in [0.717, 1.165) is 66.7 Å². The minimum atomic E-state index is -2.36. The van der Waals surface area contributed by atoms with Gasteiger partial charge in [0.15, 0.2) is 29.9 Å². The van der Waals surface area contributed by atoms with E-state index in [4.69, 9.17) is 74.7 Å². The first-order valence-corrected chi connectivity index (χ1v) is 35.7. The number of halogens is 3. The van der Waals surface area contributed by atoms with Crippen LogP contribution >= 0.6 is 34.8 Å². The molecule has 0 radical (unpaired) electrons. The molecule has 0 saturated carbocycles. The zero-order chi connectivity index (χ0) is 79.8. The van der Waals surface area contributed by atoms with Crippen molar-refractivity contribution in [2.45, 2.75) is 163 Å². The number of carboxylic acids is 1. The minimum absolute atomic E-state index is 0.104. The third-order valence-corrected chi connectivity index (χ3v) is 20.1. The van der Waals surface area contributed by atoms with Crippen LogP contribution < -0.4 is 68.2 Å². The standard InChI is InChI=1S/C73H81Cl3N10O24/c1-27(2)14-40(79-5)65(97)85-56-58(92)30-7-12-45(38(75)17-30)106-47-19-32-20-48(62(47)110-72-63(109-51-24-73(4,78)64(96)28(3)105-51)61(95)60(94)49(108-72)26-80-25-33-15-34(74)9-11-42(33)88)107-46-13-8-31(18-39(46)76)59(93)57-70(102)84-55(71(103)104)37-21-35(87)22-44(90)52(37)36-16-29(6-10-43(36)89)53(67(99)86-57)83-68(100)54(32)82-66(98)41(23-50(77)91)81-69(56)101/h6-13,15-22,27-28,40-41,49,51,53-61,63-64,72,79-80,87-90,92-96H,14,23-26,78H2,1-5H3,(H2,77,91)(H,81,101)(H,82,98)(H,83,100)(H,84,102)(H,85,97)(H,86,99)(H,103,104)/t28?,40-,41-,49?,51?,53+,54+,55+,56+,57-,58+,59+,60?,61?,63?,64?,72?,73?/m0/s1. The fraction of sp³-hybridized carbons (Fsp3) is 0.397. The molecule has 22 N–H and O–H groups in total. The van der Waals surface area contributed by atoms with Crippen LogP contribution in [0.3, 0.4) is 0 Å². The van der Waals surface area contributed by atoms with Crippen molar-refractivity contribution in [3.05, 3.63) is 146 Å². The number of hydrogen-bond donors (Lipinski definition) is 20. The summed E-state index contributed by atoms with van der Waals surface area (Å²) in [7, 11) is 1.47. The summed E-state index contributed by atoms with van der Waals surface area (Å²) in [4.78, 5) is 118. The summed E-state index contributed by atoms with van der Waals surface area (Å²) in [5.41, 5.74) is 8.40. The van der Waals surface area contributed by atoms with Crippen molar-refractivity contribution in [1.82, 2.24) is 42.5 Å². The lowest BCUT2D eigenvalue weighted by molar-refractivity contribution is -0.330. The van der Waals surface area contributed by atoms with Gasteiger partial charge in [0, 0.05) is 58.4 Å². The summed E-state index contributed by atoms with van der Waals surface area (Å²) in [6.45, 7) is 6.21. The highest BCUT2D eigenvalue weighted by atomic mass is 35.5. The molecule has 6 aromatic carbocycles. The van der Waals surface area contributed by atoms with Crippen molar-refractivity contribution in [3.63, 3.8) is 0 Å². The van der Waals surface area contributed by atoms with Crippen molar-refractivity contribution in [2.24, 2.45) is 17.4 Å². The van der Waals surface area contributed by atoms with Crippen LogP contribution in [-0.2, 0) is 59.1 Å². The molecule has 2 fully saturated rings. The number of carboxylic acid groups (broad SMARTS) is 1. The maximum Gasteiger partial charge on any atom is 0.330 e. The lowest BCUT2D eigenvalue weighted by Gasteiger charge is -2.47. The second-order valence-electron chi connectivity index (χ2n) is 27.9. The van der Waals surface area contributed by atoms with Crippen molar-refractivity contribution in [2.75, 3.05) is 13.6 Å². The Morgan fingerprint density at radius 3 is 1.92 bits per heavy atom. The number of amides is 7. The molecule has 34 nitrogen and oxygen atoms in total. The van der Waals surface area contributed by atoms with E-state index < -0.39 is 231 Å². The average Bonchev–Trinajstić information content (AvgIpc) is 0.742. The lowest BCUT2D eigenvalue weighted by Crippen LogP contribution is -2.65. The van der Waals surface area contributed by atoms with Gasteiger partial charge in [-0.2, -0.15) is 0 Å². The number of fused-ring (bicyclic) bond motifs is 15. The zero-order valence-corrected chi connectivity index (χ0v) is 61.4. The Balaban J connectivity index is 1.16. The number of aliphatic hydroxyl groups excluding tert-OH is 5. The average molecular weight is 1590 g/mol. The topological polar surface area (TPSA) is 543 Å². The Morgan fingerprint density at radius 1 is 0.682 bits per heavy atom. The number of carbonyl (C=O) groups is 8. The van der Waals surface area contributed by atoms with E-state index in [0.29, 0.717) is 5.56 Å². The van der Waals surface area contributed by atoms with Crippen LogP contribution in [0.15, 0.2) is 97.1 Å². The number of hydrogen-bond acceptors (Lipinski definition) is 26. The van der Waals surface area contributed by atoms with Crippen molar-refractivity contribution < 1.29 is 118 Å². The van der Waals surface area contributed by atoms with Gasteiger partial charge in [-0.15, -0.1) is 0 Å². The van der Waals surface area contributed by atoms with Gasteiger partial charge in [-0.25, -0.2) is 4.79 Å². The van der Waals surface area contributed by atoms with Gasteiger partial charge in [0.25, 0.3) is 0 Å². The van der Waals surface area contributed by atoms with Gasteiger partial charge >= 0.3 is 5.97 Å². The third kappa shape index (κ3) is 17.6. The molecule has 0 spiro atoms. The number of aliphatic carboxylic acids is 1. The SMILES string of the molecule is CN[C@@H](CC(C)C)C(=O)N[C@H]1C(=O)N[C@@H](CC(N)=O)C(=O)N[C@H]2C(=O)N[C@H]3C(=O)N[C@H](C(=O)N[C@@H](C(=O)O)c4cc(O)cc(O)c4-c4cc3ccc4O)[C@H](O)c3ccc(c(Cl)c3)Oc3cc2cc(c3OC2OC(CNCc3cc(Cl)ccc3O)C(O)C(O)C2OC2CC(C)(N)C(O)C(C)O2)Oc2ccc(cc2Cl)[C@H]1O. The van der Waals surface area contributed by atoms with Crippen molar-refractivity contribution >= 4 is 82.1 Å². The van der Waals surface area contributed by atoms with Crippen LogP contribution in [0.1, 0.15) is 111 Å². The predicted molar refractivity (Wildman–Crippen MR) is 387 cm³/mol. The molecule has 11 bridgehead atoms. The maximum atomic E-state index is 16.2. The highest BCUT2D eigenvalue weighted by molar-refractivity contribution is 6.32. The Kier molecular flexibility index (Phi) is 24.6. The molecular formula is C73H81Cl3N10O24. The smallest absolute Gasteiger partial charge is 0.330 e. The Morgan fingerprint density at radius 2 is 1.30 bits per heavy atom. The quantitative estimate of drug-likeness (QED) is 0.0661. The van der Waals surface area contributed by atoms with Gasteiger partial charge in [-0.1, -0.05) is 66.8 Å². The lowest BCUT2D eigenvalue weighted by atomic mass is 9.86. The molecule has 6 aromatic rings. The van der Waals surface area contributed by atoms with E-state index in [1.54, 1.807) is 0 Å². The van der Waals surface area contributed by atoms with Gasteiger partial charge in [-0.3, -0.25) is 33.6 Å². The number of nitrogens with one attached hydrogen (secondary N) is 8. The summed E-state index contributed by atoms with van der Waals surface area (Å²) < 4.78 is 39.5. The number of phenols is 4. The van der Waals surface area contributed by atoms with Crippen LogP contribution in [0.25, 0.3) is 11.1 Å². The fourth-order valence-electron chi connectivity index (χ4n) is 13.6. The molecule has 0 aromatic heterocycles. The third-order valence-electron chi connectivity index (χ3n) is 19.3. The Labute approximate surface area is 641 Å². The van der Waals surface area contributed by atoms with Gasteiger partial charge in [0.2, 0.25) is 53.4 Å². The van der Waals surface area contributed by atoms with Gasteiger partial charge in [0.05, 0.1) is 34.7 Å². The molecule has 7 aliphatic rings. The maximum absolute atomic E-state index is 16.2. The number of ether oxygens (including phenoxy) is 6. The van der Waals surface area contributed by atoms with E-state index in [1.807, 2.05) is 13.8 Å². The number of nitrogens with two attached hydrogens (primary N) is 2. The number of likely N-dealkylation sites (N-methyl/N-ethyl adjacent to an activating group) is 1. The number of benzene rings is 6. The number of carbonyl (C=O) groups excluding carboxylic acids is 7. The molecule has 37 heteroatoms. The van der Waals surface area contributed by atoms with Gasteiger partial charge < -0.3 is 133 Å². The molecule has 2 saturated heterocycles. The highest BCUT2D eigenvalue weighted by Gasteiger charge is 2.52. The first kappa shape index (κ1) is 81.1. The van der Waals surface area contributed by atoms with E-state index >= 15 is 14.4 Å². The first-order chi connectivity index (χ1) is 52.0. The molecule has 110 heavy (non-hydrogen) atoms. The van der Waals surface area contributed by atoms with Crippen molar-refractivity contribution in [3.8, 4) is 62.9 Å². The zero-order valence-electron chi connectivity index (χ0n) is 59.1. The fourth-order valence-corrected chi connectivity index (χ4v) is 14.2. The van der Waals surface area contributed by atoms with Crippen LogP contribution in [0.2, 0.25) is 15.1 Å². The molecule has 13 rings (SSSR count). The normalized spacial score (nSPS) is 28.0. The van der Waals surface area contributed by atoms with E-state index in [2.05, 4.69) is 42.5 Å². The van der Waals surface area contributed by atoms with Gasteiger partial charge in [-0.05, 0) is 128 Å². The van der Waals surface area contributed by atoms with Crippen molar-refractivity contribution in [1.29, 1.82) is 0 Å². The molecule has 7 aliphatic heterocycles. The molecule has 588 valence electrons. The summed E-state index contributed by atoms with van der Waals surface area (Å²) >= 11 is 20.6. The minimum Gasteiger partial charge on any atom is -0.508 e. The number of phenolic OH excluding ortho intramolecular Hbond substituents is 4. The second-order valence-corrected chi connectivity index (χ2v) is 29.2. The van der Waals surface area contributed by atoms with Crippen LogP contribution in [0, 0.1) is 5.92 Å². The number of aromatic hydroxyl groups is 4. The largest absolute Gasteiger partial charge is 0.508 e. The van der Waals surface area contributed by atoms with E-state index in [-0.39, 0.29) is 70.1 Å².